The smallest absolute Gasteiger partial charge is 0.267 e. The fourth-order valence-corrected chi connectivity index (χ4v) is 1.60. The third-order valence-corrected chi connectivity index (χ3v) is 3.12. The number of nitrogens with zero attached hydrogens (tertiary/aromatic N) is 2. The summed E-state index contributed by atoms with van der Waals surface area (Å²) in [5.41, 5.74) is 0.704. The van der Waals surface area contributed by atoms with Gasteiger partial charge in [0.1, 0.15) is 4.47 Å². The highest BCUT2D eigenvalue weighted by atomic mass is 79.9. The molecule has 3 nitrogen and oxygen atoms in total. The van der Waals surface area contributed by atoms with Crippen molar-refractivity contribution in [2.45, 2.75) is 26.3 Å². The summed E-state index contributed by atoms with van der Waals surface area (Å²) in [6.45, 7) is 2.48. The summed E-state index contributed by atoms with van der Waals surface area (Å²) in [6, 6.07) is 0. The fraction of sp³-hybridized carbons (Fsp3) is 0.556. The summed E-state index contributed by atoms with van der Waals surface area (Å²) in [7, 11) is 0. The van der Waals surface area contributed by atoms with Crippen LogP contribution in [0.3, 0.4) is 0 Å². The first-order valence-electron chi connectivity index (χ1n) is 4.44. The Labute approximate surface area is 96.2 Å². The second-order valence-electron chi connectivity index (χ2n) is 3.04. The van der Waals surface area contributed by atoms with Crippen molar-refractivity contribution in [2.24, 2.45) is 0 Å². The molecule has 0 unspecified atom stereocenters. The Morgan fingerprint density at radius 1 is 1.57 bits per heavy atom. The highest BCUT2D eigenvalue weighted by Crippen LogP contribution is 2.06. The van der Waals surface area contributed by atoms with E-state index in [2.05, 4.69) is 20.9 Å². The van der Waals surface area contributed by atoms with Gasteiger partial charge in [0.15, 0.2) is 0 Å². The minimum absolute atomic E-state index is 0.0212. The number of hydrogen-bond acceptors (Lipinski definition) is 2. The molecule has 14 heavy (non-hydrogen) atoms. The molecule has 0 atom stereocenters. The largest absolute Gasteiger partial charge is 0.298 e. The Morgan fingerprint density at radius 2 is 2.29 bits per heavy atom. The quantitative estimate of drug-likeness (QED) is 0.626. The average molecular weight is 280 g/mol. The standard InChI is InChI=1S/C9H12BrClN2O/c1-7-8(10)9(14)13(6-12-7)5-3-2-4-11/h6H,2-5H2,1H3. The number of hydrogen-bond donors (Lipinski definition) is 0. The van der Waals surface area contributed by atoms with E-state index in [0.717, 1.165) is 18.5 Å². The van der Waals surface area contributed by atoms with Crippen molar-refractivity contribution in [3.05, 3.63) is 26.8 Å². The molecule has 0 spiro atoms. The number of halogens is 2. The van der Waals surface area contributed by atoms with Crippen LogP contribution in [0.1, 0.15) is 18.5 Å². The maximum atomic E-state index is 11.6. The van der Waals surface area contributed by atoms with Crippen molar-refractivity contribution in [3.8, 4) is 0 Å². The van der Waals surface area contributed by atoms with E-state index in [4.69, 9.17) is 11.6 Å². The monoisotopic (exact) mass is 278 g/mol. The van der Waals surface area contributed by atoms with E-state index in [9.17, 15) is 4.79 Å². The molecular weight excluding hydrogens is 267 g/mol. The number of unbranched alkanes of at least 4 members (excludes halogenated alkanes) is 1. The number of aryl methyl sites for hydroxylation is 2. The summed E-state index contributed by atoms with van der Waals surface area (Å²) in [4.78, 5) is 15.7. The van der Waals surface area contributed by atoms with E-state index in [0.29, 0.717) is 16.9 Å². The Balaban J connectivity index is 2.79. The molecule has 1 rings (SSSR count). The molecule has 0 amide bonds. The van der Waals surface area contributed by atoms with E-state index in [-0.39, 0.29) is 5.56 Å². The van der Waals surface area contributed by atoms with Crippen LogP contribution in [0.2, 0.25) is 0 Å². The van der Waals surface area contributed by atoms with Gasteiger partial charge in [-0.3, -0.25) is 9.36 Å². The molecule has 1 heterocycles. The van der Waals surface area contributed by atoms with E-state index in [1.807, 2.05) is 0 Å². The lowest BCUT2D eigenvalue weighted by Crippen LogP contribution is -2.22. The number of alkyl halides is 1. The Bertz CT molecular complexity index is 364. The third kappa shape index (κ3) is 2.82. The van der Waals surface area contributed by atoms with Crippen molar-refractivity contribution in [1.29, 1.82) is 0 Å². The lowest BCUT2D eigenvalue weighted by atomic mass is 10.3. The Morgan fingerprint density at radius 3 is 2.93 bits per heavy atom. The van der Waals surface area contributed by atoms with E-state index < -0.39 is 0 Å². The zero-order valence-electron chi connectivity index (χ0n) is 7.96. The molecular formula is C9H12BrClN2O. The van der Waals surface area contributed by atoms with Crippen LogP contribution >= 0.6 is 27.5 Å². The molecule has 0 aliphatic rings. The molecule has 0 N–H and O–H groups in total. The van der Waals surface area contributed by atoms with Crippen molar-refractivity contribution in [3.63, 3.8) is 0 Å². The predicted octanol–water partition coefficient (Wildman–Crippen LogP) is 2.33. The normalized spacial score (nSPS) is 10.5. The molecule has 0 saturated heterocycles. The van der Waals surface area contributed by atoms with Gasteiger partial charge in [-0.15, -0.1) is 11.6 Å². The summed E-state index contributed by atoms with van der Waals surface area (Å²) < 4.78 is 2.15. The SMILES string of the molecule is Cc1ncn(CCCCCl)c(=O)c1Br. The Kier molecular flexibility index (Phi) is 4.62. The van der Waals surface area contributed by atoms with Crippen LogP contribution < -0.4 is 5.56 Å². The van der Waals surface area contributed by atoms with Crippen LogP contribution in [0.15, 0.2) is 15.6 Å². The van der Waals surface area contributed by atoms with Crippen molar-refractivity contribution >= 4 is 27.5 Å². The molecule has 5 heteroatoms. The molecule has 78 valence electrons. The minimum atomic E-state index is -0.0212. The van der Waals surface area contributed by atoms with Gasteiger partial charge in [-0.25, -0.2) is 4.98 Å². The number of rotatable bonds is 4. The summed E-state index contributed by atoms with van der Waals surface area (Å²) in [5, 5.41) is 0. The maximum absolute atomic E-state index is 11.6. The van der Waals surface area contributed by atoms with E-state index >= 15 is 0 Å². The summed E-state index contributed by atoms with van der Waals surface area (Å²) in [5.74, 6) is 0.634. The van der Waals surface area contributed by atoms with Crippen molar-refractivity contribution < 1.29 is 0 Å². The lowest BCUT2D eigenvalue weighted by molar-refractivity contribution is 0.600. The third-order valence-electron chi connectivity index (χ3n) is 1.94. The average Bonchev–Trinajstić information content (AvgIpc) is 2.18. The van der Waals surface area contributed by atoms with Crippen LogP contribution in [0.4, 0.5) is 0 Å². The Hall–Kier alpha value is -0.350. The van der Waals surface area contributed by atoms with Gasteiger partial charge >= 0.3 is 0 Å². The van der Waals surface area contributed by atoms with Crippen molar-refractivity contribution in [2.75, 3.05) is 5.88 Å². The minimum Gasteiger partial charge on any atom is -0.298 e. The molecule has 0 aromatic carbocycles. The lowest BCUT2D eigenvalue weighted by Gasteiger charge is -2.05. The molecule has 0 aliphatic heterocycles. The van der Waals surface area contributed by atoms with Gasteiger partial charge < -0.3 is 0 Å². The zero-order chi connectivity index (χ0) is 10.6. The topological polar surface area (TPSA) is 34.9 Å². The highest BCUT2D eigenvalue weighted by molar-refractivity contribution is 9.10. The van der Waals surface area contributed by atoms with Gasteiger partial charge in [-0.1, -0.05) is 0 Å². The van der Waals surface area contributed by atoms with Gasteiger partial charge in [0.2, 0.25) is 0 Å². The van der Waals surface area contributed by atoms with Crippen LogP contribution in [0.25, 0.3) is 0 Å². The van der Waals surface area contributed by atoms with Gasteiger partial charge in [-0.05, 0) is 35.7 Å². The second kappa shape index (κ2) is 5.51. The second-order valence-corrected chi connectivity index (χ2v) is 4.21. The predicted molar refractivity (Wildman–Crippen MR) is 60.9 cm³/mol. The van der Waals surface area contributed by atoms with Gasteiger partial charge in [-0.2, -0.15) is 0 Å². The first kappa shape index (κ1) is 11.7. The molecule has 0 radical (unpaired) electrons. The summed E-state index contributed by atoms with van der Waals surface area (Å²) in [6.07, 6.45) is 3.40. The molecule has 0 saturated carbocycles. The zero-order valence-corrected chi connectivity index (χ0v) is 10.3. The van der Waals surface area contributed by atoms with Crippen LogP contribution in [-0.2, 0) is 6.54 Å². The first-order valence-corrected chi connectivity index (χ1v) is 5.77. The molecule has 0 bridgehead atoms. The maximum Gasteiger partial charge on any atom is 0.267 e. The first-order chi connectivity index (χ1) is 6.66. The molecule has 0 aliphatic carbocycles. The number of aromatic nitrogens is 2. The van der Waals surface area contributed by atoms with Gasteiger partial charge in [0, 0.05) is 12.4 Å². The van der Waals surface area contributed by atoms with E-state index in [1.54, 1.807) is 17.8 Å². The molecule has 1 aromatic heterocycles. The van der Waals surface area contributed by atoms with Gasteiger partial charge in [0.05, 0.1) is 12.0 Å². The molecule has 1 aromatic rings. The van der Waals surface area contributed by atoms with Crippen LogP contribution in [0.5, 0.6) is 0 Å². The van der Waals surface area contributed by atoms with Crippen molar-refractivity contribution in [1.82, 2.24) is 9.55 Å². The highest BCUT2D eigenvalue weighted by Gasteiger charge is 2.04. The van der Waals surface area contributed by atoms with E-state index in [1.165, 1.54) is 0 Å². The van der Waals surface area contributed by atoms with Gasteiger partial charge in [0.25, 0.3) is 5.56 Å². The molecule has 0 fully saturated rings. The summed E-state index contributed by atoms with van der Waals surface area (Å²) >= 11 is 8.77. The van der Waals surface area contributed by atoms with Crippen LogP contribution in [0, 0.1) is 6.92 Å². The van der Waals surface area contributed by atoms with Crippen LogP contribution in [-0.4, -0.2) is 15.4 Å². The fourth-order valence-electron chi connectivity index (χ4n) is 1.08.